The Morgan fingerprint density at radius 2 is 1.79 bits per heavy atom. The van der Waals surface area contributed by atoms with Gasteiger partial charge in [-0.05, 0) is 59.9 Å². The van der Waals surface area contributed by atoms with E-state index in [2.05, 4.69) is 47.9 Å². The second-order valence-electron chi connectivity index (χ2n) is 6.18. The van der Waals surface area contributed by atoms with E-state index in [1.54, 1.807) is 10.8 Å². The fraction of sp³-hybridized carbons (Fsp3) is 0.111. The van der Waals surface area contributed by atoms with Gasteiger partial charge in [-0.25, -0.2) is 0 Å². The molecule has 0 saturated carbocycles. The molecule has 0 saturated heterocycles. The quantitative estimate of drug-likeness (QED) is 0.459. The lowest BCUT2D eigenvalue weighted by atomic mass is 10.2. The van der Waals surface area contributed by atoms with Crippen molar-refractivity contribution in [2.45, 2.75) is 20.1 Å². The second kappa shape index (κ2) is 7.33. The molecule has 0 aliphatic heterocycles. The van der Waals surface area contributed by atoms with Crippen LogP contribution in [0.15, 0.2) is 69.0 Å². The van der Waals surface area contributed by atoms with E-state index in [9.17, 15) is 0 Å². The van der Waals surface area contributed by atoms with E-state index in [1.165, 1.54) is 23.5 Å². The van der Waals surface area contributed by atoms with E-state index in [0.717, 1.165) is 31.7 Å². The SMILES string of the molecule is CNc1ccc2nnc(Sc3ccc4ncc(Sc5nncn5C)cc4c3)n2n1. The van der Waals surface area contributed by atoms with Crippen molar-refractivity contribution in [3.05, 3.63) is 48.9 Å². The Kier molecular flexibility index (Phi) is 4.52. The van der Waals surface area contributed by atoms with Crippen molar-refractivity contribution in [2.75, 3.05) is 12.4 Å². The molecule has 0 bridgehead atoms. The topological polar surface area (TPSA) is 98.7 Å². The fourth-order valence-corrected chi connectivity index (χ4v) is 4.37. The van der Waals surface area contributed by atoms with Gasteiger partial charge in [0.05, 0.1) is 5.52 Å². The molecule has 0 unspecified atom stereocenters. The average molecular weight is 422 g/mol. The molecule has 0 radical (unpaired) electrons. The lowest BCUT2D eigenvalue weighted by molar-refractivity contribution is 0.788. The smallest absolute Gasteiger partial charge is 0.217 e. The number of fused-ring (bicyclic) bond motifs is 2. The molecule has 5 rings (SSSR count). The molecule has 0 aliphatic carbocycles. The van der Waals surface area contributed by atoms with E-state index in [-0.39, 0.29) is 0 Å². The Hall–Kier alpha value is -3.18. The Morgan fingerprint density at radius 1 is 0.931 bits per heavy atom. The maximum atomic E-state index is 4.56. The van der Waals surface area contributed by atoms with Gasteiger partial charge in [0.1, 0.15) is 12.1 Å². The van der Waals surface area contributed by atoms with Crippen molar-refractivity contribution in [2.24, 2.45) is 7.05 Å². The van der Waals surface area contributed by atoms with Crippen LogP contribution in [0.3, 0.4) is 0 Å². The van der Waals surface area contributed by atoms with Crippen LogP contribution in [0.4, 0.5) is 5.82 Å². The van der Waals surface area contributed by atoms with Crippen LogP contribution in [0.25, 0.3) is 16.6 Å². The molecule has 29 heavy (non-hydrogen) atoms. The first kappa shape index (κ1) is 17.9. The maximum Gasteiger partial charge on any atom is 0.217 e. The molecular weight excluding hydrogens is 406 g/mol. The molecule has 4 aromatic heterocycles. The number of hydrogen-bond donors (Lipinski definition) is 1. The standard InChI is InChI=1S/C18H15N9S2/c1-19-15-5-6-16-22-24-18(27(16)25-15)28-12-3-4-14-11(7-12)8-13(9-20-14)29-17-23-21-10-26(17)2/h3-10H,1-2H3,(H,19,25). The maximum absolute atomic E-state index is 4.56. The summed E-state index contributed by atoms with van der Waals surface area (Å²) in [6, 6.07) is 12.0. The highest BCUT2D eigenvalue weighted by Crippen LogP contribution is 2.31. The fourth-order valence-electron chi connectivity index (χ4n) is 2.75. The van der Waals surface area contributed by atoms with Gasteiger partial charge < -0.3 is 9.88 Å². The van der Waals surface area contributed by atoms with Gasteiger partial charge in [-0.1, -0.05) is 0 Å². The van der Waals surface area contributed by atoms with Crippen LogP contribution in [0.1, 0.15) is 0 Å². The van der Waals surface area contributed by atoms with Gasteiger partial charge in [-0.2, -0.15) is 4.52 Å². The lowest BCUT2D eigenvalue weighted by Gasteiger charge is -2.05. The van der Waals surface area contributed by atoms with Gasteiger partial charge >= 0.3 is 0 Å². The second-order valence-corrected chi connectivity index (χ2v) is 8.26. The molecule has 0 aliphatic rings. The van der Waals surface area contributed by atoms with E-state index in [1.807, 2.05) is 49.1 Å². The van der Waals surface area contributed by atoms with Gasteiger partial charge in [0, 0.05) is 35.5 Å². The van der Waals surface area contributed by atoms with E-state index in [0.29, 0.717) is 10.8 Å². The predicted octanol–water partition coefficient (Wildman–Crippen LogP) is 3.15. The summed E-state index contributed by atoms with van der Waals surface area (Å²) in [5.74, 6) is 0.757. The Morgan fingerprint density at radius 3 is 2.62 bits per heavy atom. The summed E-state index contributed by atoms with van der Waals surface area (Å²) in [5.41, 5.74) is 1.63. The number of nitrogens with one attached hydrogen (secondary N) is 1. The summed E-state index contributed by atoms with van der Waals surface area (Å²) in [4.78, 5) is 6.60. The molecule has 144 valence electrons. The normalized spacial score (nSPS) is 11.4. The molecule has 5 aromatic rings. The Balaban J connectivity index is 1.47. The molecule has 1 aromatic carbocycles. The highest BCUT2D eigenvalue weighted by atomic mass is 32.2. The van der Waals surface area contributed by atoms with Gasteiger partial charge in [0.15, 0.2) is 10.8 Å². The predicted molar refractivity (Wildman–Crippen MR) is 111 cm³/mol. The third-order valence-corrected chi connectivity index (χ3v) is 6.14. The molecular formula is C18H15N9S2. The number of aromatic nitrogens is 8. The molecule has 1 N–H and O–H groups in total. The van der Waals surface area contributed by atoms with Crippen LogP contribution in [0.5, 0.6) is 0 Å². The summed E-state index contributed by atoms with van der Waals surface area (Å²) >= 11 is 3.04. The molecule has 11 heteroatoms. The van der Waals surface area contributed by atoms with Crippen LogP contribution in [-0.4, -0.2) is 46.6 Å². The number of nitrogens with zero attached hydrogens (tertiary/aromatic N) is 8. The van der Waals surface area contributed by atoms with Crippen molar-refractivity contribution in [1.29, 1.82) is 0 Å². The minimum atomic E-state index is 0.703. The van der Waals surface area contributed by atoms with Crippen molar-refractivity contribution in [3.8, 4) is 0 Å². The largest absolute Gasteiger partial charge is 0.372 e. The number of pyridine rings is 1. The highest BCUT2D eigenvalue weighted by molar-refractivity contribution is 7.99. The van der Waals surface area contributed by atoms with Crippen molar-refractivity contribution in [1.82, 2.24) is 39.6 Å². The first-order valence-electron chi connectivity index (χ1n) is 8.69. The third-order valence-electron chi connectivity index (χ3n) is 4.21. The van der Waals surface area contributed by atoms with E-state index in [4.69, 9.17) is 0 Å². The number of hydrogen-bond acceptors (Lipinski definition) is 9. The van der Waals surface area contributed by atoms with Gasteiger partial charge in [-0.15, -0.1) is 25.5 Å². The molecule has 0 amide bonds. The zero-order valence-corrected chi connectivity index (χ0v) is 17.1. The summed E-state index contributed by atoms with van der Waals surface area (Å²) in [5, 5.41) is 26.6. The van der Waals surface area contributed by atoms with Crippen LogP contribution in [0, 0.1) is 0 Å². The molecule has 4 heterocycles. The molecule has 9 nitrogen and oxygen atoms in total. The first-order valence-corrected chi connectivity index (χ1v) is 10.3. The summed E-state index contributed by atoms with van der Waals surface area (Å²) in [6.07, 6.45) is 3.53. The van der Waals surface area contributed by atoms with Gasteiger partial charge in [0.25, 0.3) is 0 Å². The number of anilines is 1. The number of aryl methyl sites for hydroxylation is 1. The lowest BCUT2D eigenvalue weighted by Crippen LogP contribution is -1.99. The minimum absolute atomic E-state index is 0.703. The Labute approximate surface area is 174 Å². The van der Waals surface area contributed by atoms with Crippen molar-refractivity contribution in [3.63, 3.8) is 0 Å². The van der Waals surface area contributed by atoms with Gasteiger partial charge in [-0.3, -0.25) is 4.98 Å². The average Bonchev–Trinajstić information content (AvgIpc) is 3.33. The van der Waals surface area contributed by atoms with E-state index >= 15 is 0 Å². The zero-order chi connectivity index (χ0) is 19.8. The highest BCUT2D eigenvalue weighted by Gasteiger charge is 2.11. The summed E-state index contributed by atoms with van der Waals surface area (Å²) in [6.45, 7) is 0. The minimum Gasteiger partial charge on any atom is -0.372 e. The van der Waals surface area contributed by atoms with Crippen molar-refractivity contribution < 1.29 is 0 Å². The zero-order valence-electron chi connectivity index (χ0n) is 15.5. The summed E-state index contributed by atoms with van der Waals surface area (Å²) in [7, 11) is 3.75. The first-order chi connectivity index (χ1) is 14.2. The van der Waals surface area contributed by atoms with Crippen LogP contribution in [0.2, 0.25) is 0 Å². The molecule has 0 spiro atoms. The van der Waals surface area contributed by atoms with Crippen molar-refractivity contribution >= 4 is 45.9 Å². The third kappa shape index (κ3) is 3.49. The van der Waals surface area contributed by atoms with Gasteiger partial charge in [0.2, 0.25) is 5.16 Å². The molecule has 0 atom stereocenters. The molecule has 0 fully saturated rings. The van der Waals surface area contributed by atoms with Crippen LogP contribution in [-0.2, 0) is 7.05 Å². The Bertz CT molecular complexity index is 1330. The number of benzene rings is 1. The number of rotatable bonds is 5. The monoisotopic (exact) mass is 421 g/mol. The van der Waals surface area contributed by atoms with Crippen LogP contribution < -0.4 is 5.32 Å². The summed E-state index contributed by atoms with van der Waals surface area (Å²) < 4.78 is 3.61. The van der Waals surface area contributed by atoms with E-state index < -0.39 is 0 Å². The van der Waals surface area contributed by atoms with Crippen LogP contribution >= 0.6 is 23.5 Å².